The highest BCUT2D eigenvalue weighted by Crippen LogP contribution is 2.61. The van der Waals surface area contributed by atoms with Crippen molar-refractivity contribution in [3.63, 3.8) is 0 Å². The SMILES string of the molecule is c1ccc2cc3c(-c4ccc5c6cccc7cccc(c8cccc4c85)c76)c4c(c(-c5ccc6c7cccc8cccc(c9cccc5c96)c87)c3cc2c1)-c1cccc2c1c-4cc1ccccc12. The zero-order valence-corrected chi connectivity index (χ0v) is 36.8. The van der Waals surface area contributed by atoms with E-state index in [0.717, 1.165) is 0 Å². The fraction of sp³-hybridized carbons (Fsp3) is 0. The zero-order valence-electron chi connectivity index (χ0n) is 36.8. The van der Waals surface area contributed by atoms with Crippen LogP contribution >= 0.6 is 0 Å². The number of hydrogen-bond donors (Lipinski definition) is 0. The van der Waals surface area contributed by atoms with Gasteiger partial charge in [-0.1, -0.05) is 200 Å². The van der Waals surface area contributed by atoms with Crippen LogP contribution < -0.4 is 0 Å². The van der Waals surface area contributed by atoms with E-state index in [2.05, 4.69) is 218 Å². The lowest BCUT2D eigenvalue weighted by Crippen LogP contribution is -1.96. The third kappa shape index (κ3) is 4.28. The lowest BCUT2D eigenvalue weighted by Gasteiger charge is -2.24. The summed E-state index contributed by atoms with van der Waals surface area (Å²) >= 11 is 0. The minimum Gasteiger partial charge on any atom is -0.0616 e. The van der Waals surface area contributed by atoms with Crippen LogP contribution in [0.5, 0.6) is 0 Å². The predicted octanol–water partition coefficient (Wildman–Crippen LogP) is 19.4. The molecule has 17 rings (SSSR count). The molecule has 0 spiro atoms. The first-order valence-corrected chi connectivity index (χ1v) is 23.9. The van der Waals surface area contributed by atoms with Gasteiger partial charge in [0.25, 0.3) is 0 Å². The molecule has 0 heterocycles. The van der Waals surface area contributed by atoms with Crippen LogP contribution in [0.3, 0.4) is 0 Å². The molecule has 1 aliphatic rings. The number of fused-ring (bicyclic) bond motifs is 11. The minimum absolute atomic E-state index is 1.25. The molecule has 16 aromatic carbocycles. The maximum atomic E-state index is 2.51. The molecule has 0 fully saturated rings. The summed E-state index contributed by atoms with van der Waals surface area (Å²) in [6.07, 6.45) is 0. The molecule has 0 radical (unpaired) electrons. The van der Waals surface area contributed by atoms with Gasteiger partial charge >= 0.3 is 0 Å². The molecule has 0 N–H and O–H groups in total. The summed E-state index contributed by atoms with van der Waals surface area (Å²) in [5, 5.41) is 31.3. The number of rotatable bonds is 2. The molecule has 0 unspecified atom stereocenters. The summed E-state index contributed by atoms with van der Waals surface area (Å²) in [7, 11) is 0. The normalized spacial score (nSPS) is 12.7. The Kier molecular flexibility index (Phi) is 6.53. The highest BCUT2D eigenvalue weighted by Gasteiger charge is 2.33. The lowest BCUT2D eigenvalue weighted by atomic mass is 9.78. The van der Waals surface area contributed by atoms with Crippen molar-refractivity contribution in [3.05, 3.63) is 218 Å². The quantitative estimate of drug-likeness (QED) is 0.120. The maximum Gasteiger partial charge on any atom is -0.000696 e. The van der Waals surface area contributed by atoms with Gasteiger partial charge in [0.2, 0.25) is 0 Å². The Morgan fingerprint density at radius 2 is 0.500 bits per heavy atom. The summed E-state index contributed by atoms with van der Waals surface area (Å²) < 4.78 is 0. The Morgan fingerprint density at radius 3 is 1.01 bits per heavy atom. The van der Waals surface area contributed by atoms with Crippen molar-refractivity contribution in [2.45, 2.75) is 0 Å². The van der Waals surface area contributed by atoms with Gasteiger partial charge in [0.05, 0.1) is 0 Å². The fourth-order valence-corrected chi connectivity index (χ4v) is 13.6. The molecular formula is C68H36. The monoisotopic (exact) mass is 852 g/mol. The van der Waals surface area contributed by atoms with Crippen molar-refractivity contribution in [3.8, 4) is 44.5 Å². The van der Waals surface area contributed by atoms with Crippen LogP contribution in [0.1, 0.15) is 0 Å². The summed E-state index contributed by atoms with van der Waals surface area (Å²) in [6, 6.07) is 83.6. The third-order valence-corrected chi connectivity index (χ3v) is 16.2. The molecule has 0 heteroatoms. The summed E-state index contributed by atoms with van der Waals surface area (Å²) in [4.78, 5) is 0. The molecular weight excluding hydrogens is 817 g/mol. The van der Waals surface area contributed by atoms with Gasteiger partial charge in [0.1, 0.15) is 0 Å². The standard InChI is InChI=1S/C68H36/c1-2-13-40-35-58-57(34-39(40)12-1)65(54-32-30-52-46-22-7-17-37-15-5-20-44(60(37)46)48-25-9-27-50(54)62(48)52)67-56-29-11-24-43-42-19-4-3-14-41(42)36-59(64(43)56)68(67)66(58)55-33-31-53-47-23-8-18-38-16-6-21-45(61(38)47)49-26-10-28-51(55)63(49)53/h1-36H. The minimum atomic E-state index is 1.25. The summed E-state index contributed by atoms with van der Waals surface area (Å²) in [5.74, 6) is 0. The average molecular weight is 853 g/mol. The zero-order chi connectivity index (χ0) is 43.9. The fourth-order valence-electron chi connectivity index (χ4n) is 13.6. The van der Waals surface area contributed by atoms with E-state index in [9.17, 15) is 0 Å². The van der Waals surface area contributed by atoms with E-state index in [1.165, 1.54) is 174 Å². The van der Waals surface area contributed by atoms with Crippen LogP contribution in [0.4, 0.5) is 0 Å². The number of hydrogen-bond acceptors (Lipinski definition) is 0. The van der Waals surface area contributed by atoms with Gasteiger partial charge in [-0.2, -0.15) is 0 Å². The van der Waals surface area contributed by atoms with Crippen LogP contribution in [-0.4, -0.2) is 0 Å². The van der Waals surface area contributed by atoms with E-state index >= 15 is 0 Å². The molecule has 0 saturated heterocycles. The molecule has 0 atom stereocenters. The lowest BCUT2D eigenvalue weighted by molar-refractivity contribution is 1.68. The van der Waals surface area contributed by atoms with Gasteiger partial charge in [-0.3, -0.25) is 0 Å². The van der Waals surface area contributed by atoms with E-state index in [1.807, 2.05) is 0 Å². The topological polar surface area (TPSA) is 0 Å². The highest BCUT2D eigenvalue weighted by molar-refractivity contribution is 6.39. The first-order valence-electron chi connectivity index (χ1n) is 23.9. The van der Waals surface area contributed by atoms with E-state index in [0.29, 0.717) is 0 Å². The van der Waals surface area contributed by atoms with Gasteiger partial charge in [0.15, 0.2) is 0 Å². The maximum absolute atomic E-state index is 2.51. The molecule has 16 aromatic rings. The van der Waals surface area contributed by atoms with Crippen molar-refractivity contribution < 1.29 is 0 Å². The Morgan fingerprint density at radius 1 is 0.147 bits per heavy atom. The molecule has 308 valence electrons. The summed E-state index contributed by atoms with van der Waals surface area (Å²) in [5.41, 5.74) is 10.4. The predicted molar refractivity (Wildman–Crippen MR) is 294 cm³/mol. The molecule has 0 amide bonds. The van der Waals surface area contributed by atoms with Crippen molar-refractivity contribution in [1.29, 1.82) is 0 Å². The van der Waals surface area contributed by atoms with Crippen LogP contribution in [0, 0.1) is 0 Å². The Bertz CT molecular complexity index is 4850. The van der Waals surface area contributed by atoms with Crippen LogP contribution in [-0.2, 0) is 0 Å². The van der Waals surface area contributed by atoms with Crippen LogP contribution in [0.25, 0.3) is 174 Å². The Hall–Kier alpha value is -8.84. The molecule has 0 bridgehead atoms. The smallest absolute Gasteiger partial charge is 0.000696 e. The van der Waals surface area contributed by atoms with Crippen LogP contribution in [0.15, 0.2) is 218 Å². The van der Waals surface area contributed by atoms with E-state index < -0.39 is 0 Å². The second-order valence-corrected chi connectivity index (χ2v) is 19.3. The average Bonchev–Trinajstić information content (AvgIpc) is 3.72. The second-order valence-electron chi connectivity index (χ2n) is 19.3. The van der Waals surface area contributed by atoms with Gasteiger partial charge in [-0.05, 0) is 192 Å². The Balaban J connectivity index is 1.11. The second kappa shape index (κ2) is 12.5. The molecule has 0 aromatic heterocycles. The van der Waals surface area contributed by atoms with Crippen LogP contribution in [0.2, 0.25) is 0 Å². The van der Waals surface area contributed by atoms with Crippen molar-refractivity contribution in [2.24, 2.45) is 0 Å². The molecule has 0 saturated carbocycles. The first kappa shape index (κ1) is 35.4. The van der Waals surface area contributed by atoms with Crippen molar-refractivity contribution in [1.82, 2.24) is 0 Å². The molecule has 0 nitrogen and oxygen atoms in total. The highest BCUT2D eigenvalue weighted by atomic mass is 14.4. The van der Waals surface area contributed by atoms with Gasteiger partial charge in [-0.25, -0.2) is 0 Å². The third-order valence-electron chi connectivity index (χ3n) is 16.2. The molecule has 1 aliphatic carbocycles. The Labute approximate surface area is 390 Å². The number of benzene rings is 16. The van der Waals surface area contributed by atoms with Gasteiger partial charge in [-0.15, -0.1) is 0 Å². The van der Waals surface area contributed by atoms with Crippen molar-refractivity contribution >= 4 is 129 Å². The van der Waals surface area contributed by atoms with E-state index in [4.69, 9.17) is 0 Å². The van der Waals surface area contributed by atoms with Gasteiger partial charge in [0, 0.05) is 0 Å². The first-order chi connectivity index (χ1) is 33.8. The largest absolute Gasteiger partial charge is 0.0616 e. The molecule has 0 aliphatic heterocycles. The van der Waals surface area contributed by atoms with E-state index in [1.54, 1.807) is 0 Å². The van der Waals surface area contributed by atoms with Crippen molar-refractivity contribution in [2.75, 3.05) is 0 Å². The van der Waals surface area contributed by atoms with E-state index in [-0.39, 0.29) is 0 Å². The van der Waals surface area contributed by atoms with Gasteiger partial charge < -0.3 is 0 Å². The summed E-state index contributed by atoms with van der Waals surface area (Å²) in [6.45, 7) is 0. The molecule has 68 heavy (non-hydrogen) atoms.